The summed E-state index contributed by atoms with van der Waals surface area (Å²) in [6, 6.07) is 2.47. The minimum atomic E-state index is 0.475. The van der Waals surface area contributed by atoms with Gasteiger partial charge in [-0.2, -0.15) is 0 Å². The highest BCUT2D eigenvalue weighted by atomic mass is 16.5. The minimum absolute atomic E-state index is 0.475. The quantitative estimate of drug-likeness (QED) is 0.865. The van der Waals surface area contributed by atoms with E-state index in [0.29, 0.717) is 12.0 Å². The Hall–Kier alpha value is -1.00. The summed E-state index contributed by atoms with van der Waals surface area (Å²) >= 11 is 0. The van der Waals surface area contributed by atoms with Gasteiger partial charge in [0.25, 0.3) is 0 Å². The molecule has 17 heavy (non-hydrogen) atoms. The molecule has 0 radical (unpaired) electrons. The molecule has 1 saturated heterocycles. The van der Waals surface area contributed by atoms with E-state index in [1.165, 1.54) is 0 Å². The number of ether oxygens (including phenoxy) is 1. The molecule has 1 aromatic rings. The van der Waals surface area contributed by atoms with E-state index in [9.17, 15) is 0 Å². The van der Waals surface area contributed by atoms with Gasteiger partial charge < -0.3 is 10.1 Å². The van der Waals surface area contributed by atoms with E-state index < -0.39 is 0 Å². The van der Waals surface area contributed by atoms with Crippen molar-refractivity contribution in [1.29, 1.82) is 0 Å². The van der Waals surface area contributed by atoms with Crippen molar-refractivity contribution in [2.75, 3.05) is 13.2 Å². The standard InChI is InChI=1S/C13H21N3O/c1-10(2)15-9-12-3-6-14-13(16-12)11-4-7-17-8-5-11/h3,6,10-11,15H,4-5,7-9H2,1-2H3. The summed E-state index contributed by atoms with van der Waals surface area (Å²) in [4.78, 5) is 9.03. The van der Waals surface area contributed by atoms with Crippen molar-refractivity contribution in [2.24, 2.45) is 0 Å². The number of nitrogens with one attached hydrogen (secondary N) is 1. The van der Waals surface area contributed by atoms with Crippen molar-refractivity contribution >= 4 is 0 Å². The molecule has 0 saturated carbocycles. The van der Waals surface area contributed by atoms with Crippen LogP contribution >= 0.6 is 0 Å². The van der Waals surface area contributed by atoms with Crippen LogP contribution in [0.4, 0.5) is 0 Å². The average molecular weight is 235 g/mol. The molecular formula is C13H21N3O. The third-order valence-electron chi connectivity index (χ3n) is 3.01. The van der Waals surface area contributed by atoms with Crippen molar-refractivity contribution in [3.05, 3.63) is 23.8 Å². The van der Waals surface area contributed by atoms with Crippen LogP contribution in [0.5, 0.6) is 0 Å². The van der Waals surface area contributed by atoms with Crippen LogP contribution in [-0.4, -0.2) is 29.2 Å². The maximum atomic E-state index is 5.36. The first kappa shape index (κ1) is 12.5. The van der Waals surface area contributed by atoms with Gasteiger partial charge in [0, 0.05) is 37.9 Å². The lowest BCUT2D eigenvalue weighted by Gasteiger charge is -2.21. The summed E-state index contributed by atoms with van der Waals surface area (Å²) in [6.45, 7) is 6.77. The molecule has 1 aliphatic rings. The molecular weight excluding hydrogens is 214 g/mol. The molecule has 0 unspecified atom stereocenters. The normalized spacial score (nSPS) is 17.6. The predicted molar refractivity (Wildman–Crippen MR) is 66.8 cm³/mol. The van der Waals surface area contributed by atoms with Crippen LogP contribution < -0.4 is 5.32 Å². The van der Waals surface area contributed by atoms with Crippen LogP contribution in [0.3, 0.4) is 0 Å². The predicted octanol–water partition coefficient (Wildman–Crippen LogP) is 1.87. The number of hydrogen-bond acceptors (Lipinski definition) is 4. The Morgan fingerprint density at radius 2 is 2.18 bits per heavy atom. The molecule has 4 nitrogen and oxygen atoms in total. The summed E-state index contributed by atoms with van der Waals surface area (Å²) in [5.41, 5.74) is 1.08. The highest BCUT2D eigenvalue weighted by Crippen LogP contribution is 2.23. The summed E-state index contributed by atoms with van der Waals surface area (Å²) in [7, 11) is 0. The fourth-order valence-electron chi connectivity index (χ4n) is 1.97. The fraction of sp³-hybridized carbons (Fsp3) is 0.692. The lowest BCUT2D eigenvalue weighted by molar-refractivity contribution is 0.0835. The zero-order valence-corrected chi connectivity index (χ0v) is 10.6. The molecule has 0 atom stereocenters. The molecule has 0 amide bonds. The van der Waals surface area contributed by atoms with Gasteiger partial charge in [-0.05, 0) is 18.9 Å². The molecule has 1 aromatic heterocycles. The SMILES string of the molecule is CC(C)NCc1ccnc(C2CCOCC2)n1. The summed E-state index contributed by atoms with van der Waals surface area (Å²) in [5.74, 6) is 1.46. The molecule has 1 fully saturated rings. The van der Waals surface area contributed by atoms with Crippen molar-refractivity contribution in [3.8, 4) is 0 Å². The first-order valence-corrected chi connectivity index (χ1v) is 6.38. The first-order chi connectivity index (χ1) is 8.25. The molecule has 0 aliphatic carbocycles. The second-order valence-corrected chi connectivity index (χ2v) is 4.83. The lowest BCUT2D eigenvalue weighted by atomic mass is 9.99. The number of aromatic nitrogens is 2. The zero-order valence-electron chi connectivity index (χ0n) is 10.6. The summed E-state index contributed by atoms with van der Waals surface area (Å²) in [6.07, 6.45) is 3.96. The van der Waals surface area contributed by atoms with E-state index in [1.54, 1.807) is 0 Å². The van der Waals surface area contributed by atoms with E-state index in [1.807, 2.05) is 12.3 Å². The largest absolute Gasteiger partial charge is 0.381 e. The monoisotopic (exact) mass is 235 g/mol. The lowest BCUT2D eigenvalue weighted by Crippen LogP contribution is -2.23. The molecule has 4 heteroatoms. The van der Waals surface area contributed by atoms with Crippen LogP contribution in [0.25, 0.3) is 0 Å². The Kier molecular flexibility index (Phi) is 4.45. The van der Waals surface area contributed by atoms with Crippen LogP contribution in [0.2, 0.25) is 0 Å². The Balaban J connectivity index is 2.00. The Morgan fingerprint density at radius 1 is 1.41 bits per heavy atom. The van der Waals surface area contributed by atoms with Crippen molar-refractivity contribution < 1.29 is 4.74 Å². The van der Waals surface area contributed by atoms with Crippen LogP contribution in [-0.2, 0) is 11.3 Å². The number of hydrogen-bond donors (Lipinski definition) is 1. The second-order valence-electron chi connectivity index (χ2n) is 4.83. The van der Waals surface area contributed by atoms with Gasteiger partial charge >= 0.3 is 0 Å². The molecule has 0 aromatic carbocycles. The molecule has 0 bridgehead atoms. The molecule has 0 spiro atoms. The third-order valence-corrected chi connectivity index (χ3v) is 3.01. The molecule has 2 rings (SSSR count). The van der Waals surface area contributed by atoms with Crippen LogP contribution in [0, 0.1) is 0 Å². The van der Waals surface area contributed by atoms with Gasteiger partial charge in [0.05, 0.1) is 5.69 Å². The van der Waals surface area contributed by atoms with Gasteiger partial charge in [-0.1, -0.05) is 13.8 Å². The van der Waals surface area contributed by atoms with Gasteiger partial charge in [-0.15, -0.1) is 0 Å². The van der Waals surface area contributed by atoms with Crippen molar-refractivity contribution in [3.63, 3.8) is 0 Å². The second kappa shape index (κ2) is 6.07. The topological polar surface area (TPSA) is 47.0 Å². The van der Waals surface area contributed by atoms with Gasteiger partial charge in [0.15, 0.2) is 0 Å². The van der Waals surface area contributed by atoms with Crippen LogP contribution in [0.15, 0.2) is 12.3 Å². The van der Waals surface area contributed by atoms with E-state index in [0.717, 1.165) is 44.1 Å². The Labute approximate surface area is 103 Å². The maximum absolute atomic E-state index is 5.36. The Bertz CT molecular complexity index is 348. The zero-order chi connectivity index (χ0) is 12.1. The average Bonchev–Trinajstić information content (AvgIpc) is 2.38. The summed E-state index contributed by atoms with van der Waals surface area (Å²) in [5, 5.41) is 3.38. The highest BCUT2D eigenvalue weighted by molar-refractivity contribution is 5.06. The minimum Gasteiger partial charge on any atom is -0.381 e. The number of nitrogens with zero attached hydrogens (tertiary/aromatic N) is 2. The molecule has 2 heterocycles. The van der Waals surface area contributed by atoms with E-state index in [-0.39, 0.29) is 0 Å². The molecule has 1 aliphatic heterocycles. The van der Waals surface area contributed by atoms with Gasteiger partial charge in [-0.25, -0.2) is 9.97 Å². The third kappa shape index (κ3) is 3.75. The summed E-state index contributed by atoms with van der Waals surface area (Å²) < 4.78 is 5.36. The van der Waals surface area contributed by atoms with Gasteiger partial charge in [-0.3, -0.25) is 0 Å². The molecule has 1 N–H and O–H groups in total. The maximum Gasteiger partial charge on any atom is 0.131 e. The van der Waals surface area contributed by atoms with Gasteiger partial charge in [0.1, 0.15) is 5.82 Å². The number of rotatable bonds is 4. The smallest absolute Gasteiger partial charge is 0.131 e. The van der Waals surface area contributed by atoms with E-state index >= 15 is 0 Å². The van der Waals surface area contributed by atoms with Gasteiger partial charge in [0.2, 0.25) is 0 Å². The first-order valence-electron chi connectivity index (χ1n) is 6.38. The van der Waals surface area contributed by atoms with Crippen molar-refractivity contribution in [1.82, 2.24) is 15.3 Å². The fourth-order valence-corrected chi connectivity index (χ4v) is 1.97. The molecule has 94 valence electrons. The highest BCUT2D eigenvalue weighted by Gasteiger charge is 2.18. The Morgan fingerprint density at radius 3 is 2.88 bits per heavy atom. The van der Waals surface area contributed by atoms with Crippen LogP contribution in [0.1, 0.15) is 44.1 Å². The van der Waals surface area contributed by atoms with E-state index in [4.69, 9.17) is 4.74 Å². The van der Waals surface area contributed by atoms with E-state index in [2.05, 4.69) is 29.1 Å². The van der Waals surface area contributed by atoms with Crippen molar-refractivity contribution in [2.45, 2.75) is 45.2 Å².